The number of carbonyl (C=O) groups is 3. The van der Waals surface area contributed by atoms with Crippen molar-refractivity contribution in [2.75, 3.05) is 19.0 Å². The molecule has 0 spiro atoms. The lowest BCUT2D eigenvalue weighted by Crippen LogP contribution is -2.61. The van der Waals surface area contributed by atoms with Crippen molar-refractivity contribution in [1.29, 1.82) is 0 Å². The molecule has 0 aromatic carbocycles. The van der Waals surface area contributed by atoms with Crippen LogP contribution in [0.4, 0.5) is 79.0 Å². The van der Waals surface area contributed by atoms with E-state index in [0.717, 1.165) is 0 Å². The zero-order valence-corrected chi connectivity index (χ0v) is 20.8. The van der Waals surface area contributed by atoms with Crippen molar-refractivity contribution >= 4 is 29.7 Å². The van der Waals surface area contributed by atoms with Gasteiger partial charge in [-0.25, -0.2) is 0 Å². The summed E-state index contributed by atoms with van der Waals surface area (Å²) in [4.78, 5) is 34.3. The van der Waals surface area contributed by atoms with E-state index in [9.17, 15) is 93.4 Å². The van der Waals surface area contributed by atoms with Crippen LogP contribution in [0.15, 0.2) is 0 Å². The average molecular weight is 700 g/mol. The van der Waals surface area contributed by atoms with Gasteiger partial charge in [-0.15, -0.1) is 11.8 Å². The molecule has 0 aliphatic carbocycles. The number of aliphatic carboxylic acids is 1. The minimum absolute atomic E-state index is 0.185. The van der Waals surface area contributed by atoms with Crippen LogP contribution in [-0.4, -0.2) is 95.1 Å². The Kier molecular flexibility index (Phi) is 12.5. The molecule has 1 unspecified atom stereocenters. The molecule has 0 aliphatic heterocycles. The van der Waals surface area contributed by atoms with Gasteiger partial charge in [-0.3, -0.25) is 14.4 Å². The van der Waals surface area contributed by atoms with Crippen molar-refractivity contribution in [1.82, 2.24) is 0 Å². The molecule has 0 bridgehead atoms. The molecule has 0 aliphatic rings. The summed E-state index contributed by atoms with van der Waals surface area (Å²) in [5.41, 5.74) is 0. The second-order valence-electron chi connectivity index (χ2n) is 7.99. The Morgan fingerprint density at radius 3 is 1.26 bits per heavy atom. The summed E-state index contributed by atoms with van der Waals surface area (Å²) < 4.78 is 238. The molecule has 0 aromatic rings. The number of carboxylic acid groups (broad SMARTS) is 1. The number of carboxylic acids is 1. The molecular formula is C18H14F18O6S. The maximum absolute atomic E-state index is 13.5. The Balaban J connectivity index is 5.43. The molecule has 0 saturated heterocycles. The number of esters is 2. The van der Waals surface area contributed by atoms with E-state index >= 15 is 0 Å². The summed E-state index contributed by atoms with van der Waals surface area (Å²) >= 11 is -0.185. The highest BCUT2D eigenvalue weighted by molar-refractivity contribution is 8.01. The van der Waals surface area contributed by atoms with Crippen molar-refractivity contribution in [3.8, 4) is 0 Å². The van der Waals surface area contributed by atoms with Crippen LogP contribution in [0.3, 0.4) is 0 Å². The molecule has 0 rings (SSSR count). The summed E-state index contributed by atoms with van der Waals surface area (Å²) in [6.07, 6.45) is -21.3. The second-order valence-corrected chi connectivity index (χ2v) is 9.18. The number of rotatable bonds is 16. The molecule has 6 nitrogen and oxygen atoms in total. The van der Waals surface area contributed by atoms with Gasteiger partial charge >= 0.3 is 65.8 Å². The normalized spacial score (nSPS) is 15.2. The van der Waals surface area contributed by atoms with E-state index in [1.165, 1.54) is 0 Å². The fourth-order valence-electron chi connectivity index (χ4n) is 2.39. The van der Waals surface area contributed by atoms with Gasteiger partial charge in [-0.2, -0.15) is 79.0 Å². The minimum Gasteiger partial charge on any atom is -0.481 e. The van der Waals surface area contributed by atoms with Gasteiger partial charge in [0.15, 0.2) is 0 Å². The molecule has 0 fully saturated rings. The van der Waals surface area contributed by atoms with E-state index < -0.39 is 109 Å². The molecule has 0 heterocycles. The molecule has 43 heavy (non-hydrogen) atoms. The van der Waals surface area contributed by atoms with Crippen LogP contribution in [0.5, 0.6) is 0 Å². The third-order valence-corrected chi connectivity index (χ3v) is 5.96. The fraction of sp³-hybridized carbons (Fsp3) is 0.833. The average Bonchev–Trinajstić information content (AvgIpc) is 2.79. The molecule has 0 aromatic heterocycles. The topological polar surface area (TPSA) is 89.9 Å². The van der Waals surface area contributed by atoms with Gasteiger partial charge in [0.25, 0.3) is 0 Å². The maximum Gasteiger partial charge on any atom is 0.460 e. The van der Waals surface area contributed by atoms with Crippen molar-refractivity contribution < 1.29 is 108 Å². The third-order valence-electron chi connectivity index (χ3n) is 4.78. The lowest BCUT2D eigenvalue weighted by Gasteiger charge is -2.33. The molecule has 0 amide bonds. The van der Waals surface area contributed by atoms with Gasteiger partial charge in [-0.05, 0) is 0 Å². The van der Waals surface area contributed by atoms with Crippen molar-refractivity contribution in [2.24, 2.45) is 0 Å². The second kappa shape index (κ2) is 13.2. The summed E-state index contributed by atoms with van der Waals surface area (Å²) in [5, 5.41) is 6.29. The number of hydrogen-bond donors (Lipinski definition) is 1. The molecule has 25 heteroatoms. The van der Waals surface area contributed by atoms with E-state index in [4.69, 9.17) is 5.11 Å². The quantitative estimate of drug-likeness (QED) is 0.148. The van der Waals surface area contributed by atoms with Crippen molar-refractivity contribution in [2.45, 2.75) is 72.4 Å². The molecule has 1 N–H and O–H groups in total. The number of carbonyl (C=O) groups excluding carboxylic acids is 2. The molecule has 0 radical (unpaired) electrons. The first-order valence-electron chi connectivity index (χ1n) is 10.4. The van der Waals surface area contributed by atoms with Crippen molar-refractivity contribution in [3.05, 3.63) is 0 Å². The number of hydrogen-bond acceptors (Lipinski definition) is 6. The monoisotopic (exact) mass is 700 g/mol. The zero-order valence-electron chi connectivity index (χ0n) is 20.0. The van der Waals surface area contributed by atoms with E-state index in [-0.39, 0.29) is 11.8 Å². The van der Waals surface area contributed by atoms with Gasteiger partial charge in [0.05, 0.1) is 38.2 Å². The largest absolute Gasteiger partial charge is 0.481 e. The number of thioether (sulfide) groups is 1. The van der Waals surface area contributed by atoms with Crippen LogP contribution in [0.25, 0.3) is 0 Å². The molecule has 1 atom stereocenters. The zero-order chi connectivity index (χ0) is 34.7. The Labute approximate surface area is 230 Å². The van der Waals surface area contributed by atoms with Gasteiger partial charge in [-0.1, -0.05) is 0 Å². The van der Waals surface area contributed by atoms with Gasteiger partial charge in [0, 0.05) is 0 Å². The Morgan fingerprint density at radius 2 is 0.930 bits per heavy atom. The Bertz CT molecular complexity index is 993. The summed E-state index contributed by atoms with van der Waals surface area (Å²) in [7, 11) is 0. The van der Waals surface area contributed by atoms with Crippen LogP contribution in [0, 0.1) is 0 Å². The lowest BCUT2D eigenvalue weighted by atomic mass is 10.0. The van der Waals surface area contributed by atoms with Crippen LogP contribution in [-0.2, 0) is 23.9 Å². The first kappa shape index (κ1) is 40.5. The predicted octanol–water partition coefficient (Wildman–Crippen LogP) is 6.37. The van der Waals surface area contributed by atoms with E-state index in [0.29, 0.717) is 0 Å². The standard InChI is InChI=1S/C18H14F18O6S/c19-11(20,13(23,24)15(27,28)17(31,32)33)1-3-41-9(39)5-7(43-6-8(37)38)10(40)42-4-2-12(21,22)14(25,26)16(29,30)18(34,35)36/h7H,1-6H2,(H,37,38). The first-order chi connectivity index (χ1) is 18.8. The third kappa shape index (κ3) is 9.01. The molecular weight excluding hydrogens is 686 g/mol. The Hall–Kier alpha value is -2.50. The maximum atomic E-state index is 13.5. The lowest BCUT2D eigenvalue weighted by molar-refractivity contribution is -0.397. The summed E-state index contributed by atoms with van der Waals surface area (Å²) in [6.45, 7) is -4.13. The highest BCUT2D eigenvalue weighted by Gasteiger charge is 2.82. The van der Waals surface area contributed by atoms with Crippen LogP contribution >= 0.6 is 11.8 Å². The van der Waals surface area contributed by atoms with Crippen LogP contribution < -0.4 is 0 Å². The first-order valence-corrected chi connectivity index (χ1v) is 11.4. The smallest absolute Gasteiger partial charge is 0.460 e. The summed E-state index contributed by atoms with van der Waals surface area (Å²) in [5.74, 6) is -48.2. The minimum atomic E-state index is -7.29. The highest BCUT2D eigenvalue weighted by Crippen LogP contribution is 2.55. The van der Waals surface area contributed by atoms with Crippen LogP contribution in [0.2, 0.25) is 0 Å². The van der Waals surface area contributed by atoms with Crippen molar-refractivity contribution in [3.63, 3.8) is 0 Å². The Morgan fingerprint density at radius 1 is 0.581 bits per heavy atom. The van der Waals surface area contributed by atoms with Gasteiger partial charge < -0.3 is 14.6 Å². The number of halogens is 18. The SMILES string of the molecule is O=C(O)CSC(CC(=O)OCCC(F)(F)C(F)(F)C(F)(F)C(F)(F)F)C(=O)OCCC(F)(F)C(F)(F)C(F)(F)C(F)(F)F. The van der Waals surface area contributed by atoms with E-state index in [2.05, 4.69) is 9.47 Å². The highest BCUT2D eigenvalue weighted by atomic mass is 32.2. The van der Waals surface area contributed by atoms with E-state index in [1.54, 1.807) is 0 Å². The number of ether oxygens (including phenoxy) is 2. The van der Waals surface area contributed by atoms with Gasteiger partial charge in [0.2, 0.25) is 0 Å². The number of alkyl halides is 18. The fourth-order valence-corrected chi connectivity index (χ4v) is 3.19. The predicted molar refractivity (Wildman–Crippen MR) is 101 cm³/mol. The van der Waals surface area contributed by atoms with E-state index in [1.807, 2.05) is 0 Å². The molecule has 0 saturated carbocycles. The van der Waals surface area contributed by atoms with Crippen LogP contribution in [0.1, 0.15) is 19.3 Å². The van der Waals surface area contributed by atoms with Gasteiger partial charge in [0.1, 0.15) is 5.25 Å². The summed E-state index contributed by atoms with van der Waals surface area (Å²) in [6, 6.07) is 0. The molecule has 254 valence electrons.